The second-order valence-corrected chi connectivity index (χ2v) is 4.38. The molecule has 1 aromatic rings. The van der Waals surface area contributed by atoms with Gasteiger partial charge in [0.05, 0.1) is 6.54 Å². The van der Waals surface area contributed by atoms with Crippen molar-refractivity contribution in [1.29, 1.82) is 0 Å². The summed E-state index contributed by atoms with van der Waals surface area (Å²) in [6, 6.07) is 6.89. The molecule has 19 heavy (non-hydrogen) atoms. The molecule has 0 radical (unpaired) electrons. The fourth-order valence-electron chi connectivity index (χ4n) is 1.86. The molecule has 102 valence electrons. The number of amides is 2. The number of carbonyl (C=O) groups excluding carboxylic acids is 2. The summed E-state index contributed by atoms with van der Waals surface area (Å²) in [4.78, 5) is 24.8. The lowest BCUT2D eigenvalue weighted by Crippen LogP contribution is -2.39. The van der Waals surface area contributed by atoms with Crippen LogP contribution < -0.4 is 15.8 Å². The van der Waals surface area contributed by atoms with Gasteiger partial charge in [0.1, 0.15) is 5.75 Å². The highest BCUT2D eigenvalue weighted by Gasteiger charge is 2.19. The highest BCUT2D eigenvalue weighted by atomic mass is 16.5. The zero-order valence-corrected chi connectivity index (χ0v) is 10.6. The van der Waals surface area contributed by atoms with Crippen molar-refractivity contribution in [2.75, 3.05) is 32.0 Å². The van der Waals surface area contributed by atoms with Crippen LogP contribution in [0.5, 0.6) is 5.75 Å². The van der Waals surface area contributed by atoms with Gasteiger partial charge in [-0.1, -0.05) is 6.07 Å². The molecule has 1 aliphatic rings. The van der Waals surface area contributed by atoms with Crippen molar-refractivity contribution in [1.82, 2.24) is 10.2 Å². The lowest BCUT2D eigenvalue weighted by atomic mass is 10.3. The minimum atomic E-state index is -0.195. The lowest BCUT2D eigenvalue weighted by Gasteiger charge is -2.19. The molecule has 6 heteroatoms. The third-order valence-electron chi connectivity index (χ3n) is 2.83. The zero-order chi connectivity index (χ0) is 13.7. The van der Waals surface area contributed by atoms with Gasteiger partial charge in [0, 0.05) is 24.8 Å². The summed E-state index contributed by atoms with van der Waals surface area (Å²) in [6.45, 7) is 1.19. The van der Waals surface area contributed by atoms with Crippen molar-refractivity contribution in [2.24, 2.45) is 0 Å². The van der Waals surface area contributed by atoms with Gasteiger partial charge >= 0.3 is 0 Å². The van der Waals surface area contributed by atoms with Gasteiger partial charge in [0.15, 0.2) is 6.61 Å². The first-order chi connectivity index (χ1) is 9.15. The van der Waals surface area contributed by atoms with E-state index in [1.54, 1.807) is 24.3 Å². The second-order valence-electron chi connectivity index (χ2n) is 4.38. The van der Waals surface area contributed by atoms with Crippen molar-refractivity contribution >= 4 is 17.5 Å². The number of nitrogen functional groups attached to an aromatic ring is 1. The molecule has 0 aromatic heterocycles. The standard InChI is InChI=1S/C13H17N3O3/c14-10-3-1-4-11(7-10)19-9-13(18)16-6-2-5-15-12(17)8-16/h1,3-4,7H,2,5-6,8-9,14H2,(H,15,17). The van der Waals surface area contributed by atoms with Gasteiger partial charge in [-0.3, -0.25) is 9.59 Å². The van der Waals surface area contributed by atoms with E-state index in [0.29, 0.717) is 24.5 Å². The minimum Gasteiger partial charge on any atom is -0.484 e. The number of nitrogens with zero attached hydrogens (tertiary/aromatic N) is 1. The van der Waals surface area contributed by atoms with Crippen LogP contribution in [-0.4, -0.2) is 43.0 Å². The maximum Gasteiger partial charge on any atom is 0.260 e. The van der Waals surface area contributed by atoms with Gasteiger partial charge in [-0.05, 0) is 18.6 Å². The smallest absolute Gasteiger partial charge is 0.260 e. The average Bonchev–Trinajstić information content (AvgIpc) is 2.61. The van der Waals surface area contributed by atoms with E-state index in [9.17, 15) is 9.59 Å². The van der Waals surface area contributed by atoms with Crippen LogP contribution in [0.25, 0.3) is 0 Å². The first-order valence-corrected chi connectivity index (χ1v) is 6.18. The van der Waals surface area contributed by atoms with Crippen LogP contribution in [0.4, 0.5) is 5.69 Å². The predicted molar refractivity (Wildman–Crippen MR) is 70.6 cm³/mol. The number of hydrogen-bond donors (Lipinski definition) is 2. The first-order valence-electron chi connectivity index (χ1n) is 6.18. The van der Waals surface area contributed by atoms with E-state index in [4.69, 9.17) is 10.5 Å². The minimum absolute atomic E-state index is 0.0866. The molecule has 0 aliphatic carbocycles. The van der Waals surface area contributed by atoms with E-state index >= 15 is 0 Å². The molecule has 6 nitrogen and oxygen atoms in total. The second kappa shape index (κ2) is 6.08. The topological polar surface area (TPSA) is 84.7 Å². The molecule has 1 heterocycles. The predicted octanol–water partition coefficient (Wildman–Crippen LogP) is -0.00390. The summed E-state index contributed by atoms with van der Waals surface area (Å²) in [5.74, 6) is 0.224. The van der Waals surface area contributed by atoms with Crippen LogP contribution in [0.2, 0.25) is 0 Å². The fourth-order valence-corrected chi connectivity index (χ4v) is 1.86. The molecule has 0 bridgehead atoms. The van der Waals surface area contributed by atoms with E-state index in [2.05, 4.69) is 5.32 Å². The maximum absolute atomic E-state index is 11.9. The number of nitrogens with two attached hydrogens (primary N) is 1. The summed E-state index contributed by atoms with van der Waals surface area (Å²) >= 11 is 0. The monoisotopic (exact) mass is 263 g/mol. The molecule has 1 fully saturated rings. The SMILES string of the molecule is Nc1cccc(OCC(=O)N2CCCNC(=O)C2)c1. The maximum atomic E-state index is 11.9. The first kappa shape index (κ1) is 13.2. The molecule has 1 aliphatic heterocycles. The lowest BCUT2D eigenvalue weighted by molar-refractivity contribution is -0.136. The molecule has 1 saturated heterocycles. The summed E-state index contributed by atoms with van der Waals surface area (Å²) < 4.78 is 5.37. The summed E-state index contributed by atoms with van der Waals surface area (Å²) in [6.07, 6.45) is 0.760. The van der Waals surface area contributed by atoms with E-state index < -0.39 is 0 Å². The quantitative estimate of drug-likeness (QED) is 0.752. The van der Waals surface area contributed by atoms with E-state index in [0.717, 1.165) is 6.42 Å². The Bertz CT molecular complexity index is 476. The Hall–Kier alpha value is -2.24. The van der Waals surface area contributed by atoms with Crippen LogP contribution in [0.1, 0.15) is 6.42 Å². The molecule has 2 rings (SSSR count). The molecule has 1 aromatic carbocycles. The van der Waals surface area contributed by atoms with Crippen molar-refractivity contribution in [3.8, 4) is 5.75 Å². The Morgan fingerprint density at radius 3 is 3.11 bits per heavy atom. The van der Waals surface area contributed by atoms with Crippen LogP contribution in [-0.2, 0) is 9.59 Å². The number of benzene rings is 1. The summed E-state index contributed by atoms with van der Waals surface area (Å²) in [5, 5.41) is 2.72. The van der Waals surface area contributed by atoms with Crippen molar-refractivity contribution in [2.45, 2.75) is 6.42 Å². The molecule has 0 saturated carbocycles. The van der Waals surface area contributed by atoms with Gasteiger partial charge in [0.25, 0.3) is 5.91 Å². The third kappa shape index (κ3) is 3.87. The van der Waals surface area contributed by atoms with Gasteiger partial charge in [-0.15, -0.1) is 0 Å². The van der Waals surface area contributed by atoms with Crippen LogP contribution in [0.3, 0.4) is 0 Å². The molecule has 0 spiro atoms. The molecule has 2 amide bonds. The fraction of sp³-hybridized carbons (Fsp3) is 0.385. The van der Waals surface area contributed by atoms with Crippen LogP contribution >= 0.6 is 0 Å². The van der Waals surface area contributed by atoms with E-state index in [-0.39, 0.29) is 25.0 Å². The Kier molecular flexibility index (Phi) is 4.22. The van der Waals surface area contributed by atoms with Crippen LogP contribution in [0, 0.1) is 0 Å². The highest BCUT2D eigenvalue weighted by Crippen LogP contribution is 2.14. The normalized spacial score (nSPS) is 15.6. The summed E-state index contributed by atoms with van der Waals surface area (Å²) in [5.41, 5.74) is 6.20. The zero-order valence-electron chi connectivity index (χ0n) is 10.6. The number of hydrogen-bond acceptors (Lipinski definition) is 4. The molecular weight excluding hydrogens is 246 g/mol. The Labute approximate surface area is 111 Å². The number of carbonyl (C=O) groups is 2. The highest BCUT2D eigenvalue weighted by molar-refractivity contribution is 5.85. The van der Waals surface area contributed by atoms with Gasteiger partial charge < -0.3 is 20.7 Å². The largest absolute Gasteiger partial charge is 0.484 e. The Balaban J connectivity index is 1.88. The number of nitrogens with one attached hydrogen (secondary N) is 1. The van der Waals surface area contributed by atoms with Crippen molar-refractivity contribution in [3.63, 3.8) is 0 Å². The van der Waals surface area contributed by atoms with Gasteiger partial charge in [-0.25, -0.2) is 0 Å². The van der Waals surface area contributed by atoms with E-state index in [1.807, 2.05) is 0 Å². The molecule has 0 unspecified atom stereocenters. The number of anilines is 1. The van der Waals surface area contributed by atoms with Gasteiger partial charge in [0.2, 0.25) is 5.91 Å². The van der Waals surface area contributed by atoms with Crippen molar-refractivity contribution < 1.29 is 14.3 Å². The average molecular weight is 263 g/mol. The van der Waals surface area contributed by atoms with Gasteiger partial charge in [-0.2, -0.15) is 0 Å². The molecular formula is C13H17N3O3. The van der Waals surface area contributed by atoms with E-state index in [1.165, 1.54) is 4.90 Å². The number of ether oxygens (including phenoxy) is 1. The summed E-state index contributed by atoms with van der Waals surface area (Å²) in [7, 11) is 0. The van der Waals surface area contributed by atoms with Crippen LogP contribution in [0.15, 0.2) is 24.3 Å². The molecule has 3 N–H and O–H groups in total. The number of rotatable bonds is 3. The third-order valence-corrected chi connectivity index (χ3v) is 2.83. The Morgan fingerprint density at radius 1 is 1.47 bits per heavy atom. The Morgan fingerprint density at radius 2 is 2.32 bits per heavy atom. The van der Waals surface area contributed by atoms with Crippen molar-refractivity contribution in [3.05, 3.63) is 24.3 Å². The molecule has 0 atom stereocenters.